The summed E-state index contributed by atoms with van der Waals surface area (Å²) in [4.78, 5) is 0.163. The van der Waals surface area contributed by atoms with Crippen molar-refractivity contribution in [3.63, 3.8) is 0 Å². The molecule has 0 amide bonds. The van der Waals surface area contributed by atoms with Crippen molar-refractivity contribution in [2.45, 2.75) is 10.9 Å². The fraction of sp³-hybridized carbons (Fsp3) is 0.100. The van der Waals surface area contributed by atoms with Crippen molar-refractivity contribution < 1.29 is 8.42 Å². The lowest BCUT2D eigenvalue weighted by atomic mass is 10.1. The number of hydrogen-bond acceptors (Lipinski definition) is 3. The molecule has 0 aliphatic heterocycles. The van der Waals surface area contributed by atoms with E-state index in [1.54, 1.807) is 18.2 Å². The average Bonchev–Trinajstić information content (AvgIpc) is 2.67. The van der Waals surface area contributed by atoms with E-state index < -0.39 is 10.0 Å². The predicted molar refractivity (Wildman–Crippen MR) is 111 cm³/mol. The van der Waals surface area contributed by atoms with Crippen LogP contribution in [0.3, 0.4) is 0 Å². The summed E-state index contributed by atoms with van der Waals surface area (Å²) in [6.07, 6.45) is 0. The second-order valence-corrected chi connectivity index (χ2v) is 8.50. The minimum Gasteiger partial charge on any atom is -0.376 e. The molecule has 0 heterocycles. The molecule has 7 heteroatoms. The molecule has 0 aromatic heterocycles. The number of nitrogens with one attached hydrogen (secondary N) is 2. The highest BCUT2D eigenvalue weighted by molar-refractivity contribution is 7.89. The normalized spacial score (nSPS) is 12.5. The highest BCUT2D eigenvalue weighted by Crippen LogP contribution is 2.26. The van der Waals surface area contributed by atoms with Crippen LogP contribution in [-0.2, 0) is 10.0 Å². The maximum Gasteiger partial charge on any atom is 0.240 e. The Morgan fingerprint density at radius 2 is 1.44 bits per heavy atom. The molecule has 0 aliphatic carbocycles. The second kappa shape index (κ2) is 8.76. The Labute approximate surface area is 169 Å². The lowest BCUT2D eigenvalue weighted by molar-refractivity contribution is 0.576. The maximum atomic E-state index is 12.6. The molecule has 27 heavy (non-hydrogen) atoms. The van der Waals surface area contributed by atoms with Gasteiger partial charge in [0.2, 0.25) is 10.0 Å². The third-order valence-corrected chi connectivity index (χ3v) is 6.03. The zero-order valence-corrected chi connectivity index (χ0v) is 16.6. The molecule has 3 rings (SSSR count). The molecule has 140 valence electrons. The van der Waals surface area contributed by atoms with E-state index in [4.69, 9.17) is 23.2 Å². The molecular formula is C20H18Cl2N2O2S. The third kappa shape index (κ3) is 5.23. The van der Waals surface area contributed by atoms with Crippen LogP contribution in [0.4, 0.5) is 5.69 Å². The van der Waals surface area contributed by atoms with E-state index in [-0.39, 0.29) is 17.5 Å². The standard InChI is InChI=1S/C20H18Cl2N2O2S/c21-16-10-12-17(13-11-16)27(25,26)23-14-20(15-6-2-1-3-7-15)24-19-9-5-4-8-18(19)22/h1-13,20,23-24H,14H2/t20-/m1/s1. The minimum absolute atomic E-state index is 0.153. The Kier molecular flexibility index (Phi) is 6.39. The van der Waals surface area contributed by atoms with Gasteiger partial charge in [0.05, 0.1) is 21.6 Å². The van der Waals surface area contributed by atoms with E-state index in [0.717, 1.165) is 11.3 Å². The lowest BCUT2D eigenvalue weighted by Crippen LogP contribution is -2.31. The first-order valence-corrected chi connectivity index (χ1v) is 10.5. The van der Waals surface area contributed by atoms with Crippen molar-refractivity contribution in [3.8, 4) is 0 Å². The highest BCUT2D eigenvalue weighted by Gasteiger charge is 2.19. The summed E-state index contributed by atoms with van der Waals surface area (Å²) in [6.45, 7) is 0.153. The van der Waals surface area contributed by atoms with Crippen molar-refractivity contribution in [2.75, 3.05) is 11.9 Å². The molecule has 1 atom stereocenters. The first-order chi connectivity index (χ1) is 13.0. The first-order valence-electron chi connectivity index (χ1n) is 8.27. The number of anilines is 1. The SMILES string of the molecule is O=S(=O)(NC[C@@H](Nc1ccccc1Cl)c1ccccc1)c1ccc(Cl)cc1. The number of para-hydroxylation sites is 1. The van der Waals surface area contributed by atoms with Gasteiger partial charge >= 0.3 is 0 Å². The summed E-state index contributed by atoms with van der Waals surface area (Å²) in [5, 5.41) is 4.37. The van der Waals surface area contributed by atoms with Gasteiger partial charge in [0.1, 0.15) is 0 Å². The maximum absolute atomic E-state index is 12.6. The Balaban J connectivity index is 1.81. The van der Waals surface area contributed by atoms with Crippen LogP contribution in [0.25, 0.3) is 0 Å². The van der Waals surface area contributed by atoms with Gasteiger partial charge < -0.3 is 5.32 Å². The molecule has 0 spiro atoms. The summed E-state index contributed by atoms with van der Waals surface area (Å²) in [5.41, 5.74) is 1.68. The third-order valence-electron chi connectivity index (χ3n) is 4.01. The van der Waals surface area contributed by atoms with Gasteiger partial charge in [-0.05, 0) is 42.0 Å². The van der Waals surface area contributed by atoms with Gasteiger partial charge in [0.25, 0.3) is 0 Å². The average molecular weight is 421 g/mol. The van der Waals surface area contributed by atoms with Crippen molar-refractivity contribution in [1.29, 1.82) is 0 Å². The van der Waals surface area contributed by atoms with Gasteiger partial charge in [-0.2, -0.15) is 0 Å². The smallest absolute Gasteiger partial charge is 0.240 e. The van der Waals surface area contributed by atoms with Gasteiger partial charge in [-0.3, -0.25) is 0 Å². The summed E-state index contributed by atoms with van der Waals surface area (Å²) < 4.78 is 27.8. The molecule has 4 nitrogen and oxygen atoms in total. The van der Waals surface area contributed by atoms with Crippen LogP contribution in [0.1, 0.15) is 11.6 Å². The van der Waals surface area contributed by atoms with Crippen LogP contribution in [0, 0.1) is 0 Å². The van der Waals surface area contributed by atoms with E-state index in [0.29, 0.717) is 10.0 Å². The molecule has 0 aliphatic rings. The number of hydrogen-bond donors (Lipinski definition) is 2. The largest absolute Gasteiger partial charge is 0.376 e. The summed E-state index contributed by atoms with van der Waals surface area (Å²) in [7, 11) is -3.66. The quantitative estimate of drug-likeness (QED) is 0.557. The number of halogens is 2. The van der Waals surface area contributed by atoms with Crippen LogP contribution < -0.4 is 10.0 Å². The fourth-order valence-electron chi connectivity index (χ4n) is 2.59. The van der Waals surface area contributed by atoms with Gasteiger partial charge in [-0.15, -0.1) is 0 Å². The van der Waals surface area contributed by atoms with E-state index in [1.165, 1.54) is 12.1 Å². The van der Waals surface area contributed by atoms with Gasteiger partial charge in [0.15, 0.2) is 0 Å². The van der Waals surface area contributed by atoms with E-state index in [9.17, 15) is 8.42 Å². The van der Waals surface area contributed by atoms with Crippen LogP contribution in [0.2, 0.25) is 10.0 Å². The van der Waals surface area contributed by atoms with Crippen molar-refractivity contribution in [2.24, 2.45) is 0 Å². The van der Waals surface area contributed by atoms with Crippen LogP contribution in [0.5, 0.6) is 0 Å². The number of rotatable bonds is 7. The predicted octanol–water partition coefficient (Wildman–Crippen LogP) is 5.13. The molecule has 0 unspecified atom stereocenters. The zero-order chi connectivity index (χ0) is 19.3. The zero-order valence-electron chi connectivity index (χ0n) is 14.3. The molecule has 3 aromatic carbocycles. The second-order valence-electron chi connectivity index (χ2n) is 5.89. The van der Waals surface area contributed by atoms with Crippen molar-refractivity contribution in [3.05, 3.63) is 94.5 Å². The van der Waals surface area contributed by atoms with Crippen LogP contribution in [0.15, 0.2) is 83.8 Å². The van der Waals surface area contributed by atoms with Crippen molar-refractivity contribution in [1.82, 2.24) is 4.72 Å². The van der Waals surface area contributed by atoms with Crippen LogP contribution in [-0.4, -0.2) is 15.0 Å². The molecule has 0 bridgehead atoms. The summed E-state index contributed by atoms with van der Waals surface area (Å²) in [5.74, 6) is 0. The Hall–Kier alpha value is -2.05. The lowest BCUT2D eigenvalue weighted by Gasteiger charge is -2.22. The minimum atomic E-state index is -3.66. The molecule has 3 aromatic rings. The van der Waals surface area contributed by atoms with E-state index in [2.05, 4.69) is 10.0 Å². The van der Waals surface area contributed by atoms with E-state index >= 15 is 0 Å². The molecule has 0 saturated carbocycles. The highest BCUT2D eigenvalue weighted by atomic mass is 35.5. The molecule has 0 fully saturated rings. The molecule has 0 radical (unpaired) electrons. The van der Waals surface area contributed by atoms with Gasteiger partial charge in [-0.1, -0.05) is 65.7 Å². The number of benzene rings is 3. The van der Waals surface area contributed by atoms with Gasteiger partial charge in [-0.25, -0.2) is 13.1 Å². The summed E-state index contributed by atoms with van der Waals surface area (Å²) in [6, 6.07) is 22.7. The topological polar surface area (TPSA) is 58.2 Å². The molecule has 0 saturated heterocycles. The fourth-order valence-corrected chi connectivity index (χ4v) is 3.96. The monoisotopic (exact) mass is 420 g/mol. The summed E-state index contributed by atoms with van der Waals surface area (Å²) >= 11 is 12.1. The molecular weight excluding hydrogens is 403 g/mol. The van der Waals surface area contributed by atoms with Crippen LogP contribution >= 0.6 is 23.2 Å². The molecule has 2 N–H and O–H groups in total. The van der Waals surface area contributed by atoms with Gasteiger partial charge in [0, 0.05) is 11.6 Å². The Morgan fingerprint density at radius 1 is 0.815 bits per heavy atom. The Morgan fingerprint density at radius 3 is 2.11 bits per heavy atom. The Bertz CT molecular complexity index is 994. The first kappa shape index (κ1) is 19.7. The number of sulfonamides is 1. The van der Waals surface area contributed by atoms with Crippen molar-refractivity contribution >= 4 is 38.9 Å². The van der Waals surface area contributed by atoms with E-state index in [1.807, 2.05) is 48.5 Å².